The largest absolute Gasteiger partial charge is 0.138 e. The molecule has 2 aliphatic carbocycles. The van der Waals surface area contributed by atoms with Crippen molar-refractivity contribution in [1.29, 1.82) is 0 Å². The maximum absolute atomic E-state index is 2.53. The summed E-state index contributed by atoms with van der Waals surface area (Å²) in [6.07, 6.45) is 10.8. The molecule has 5 aromatic rings. The zero-order valence-corrected chi connectivity index (χ0v) is 17.7. The lowest BCUT2D eigenvalue weighted by molar-refractivity contribution is 0.701. The molecular weight excluding hydrogens is 393 g/mol. The van der Waals surface area contributed by atoms with Gasteiger partial charge < -0.3 is 0 Å². The molecule has 0 amide bonds. The van der Waals surface area contributed by atoms with E-state index in [2.05, 4.69) is 57.5 Å². The molecule has 26 heavy (non-hydrogen) atoms. The van der Waals surface area contributed by atoms with Gasteiger partial charge in [-0.25, -0.2) is 0 Å². The van der Waals surface area contributed by atoms with Gasteiger partial charge in [0.25, 0.3) is 0 Å². The highest BCUT2D eigenvalue weighted by Crippen LogP contribution is 2.50. The Balaban J connectivity index is 1.56. The first-order valence-electron chi connectivity index (χ1n) is 9.70. The van der Waals surface area contributed by atoms with E-state index >= 15 is 0 Å². The van der Waals surface area contributed by atoms with Crippen LogP contribution in [-0.2, 0) is 25.7 Å². The number of hydrogen-bond acceptors (Lipinski definition) is 4. The van der Waals surface area contributed by atoms with Crippen molar-refractivity contribution in [3.63, 3.8) is 0 Å². The summed E-state index contributed by atoms with van der Waals surface area (Å²) in [5, 5.41) is 3.05. The lowest BCUT2D eigenvalue weighted by atomic mass is 9.99. The lowest BCUT2D eigenvalue weighted by Crippen LogP contribution is -1.97. The molecule has 0 atom stereocenters. The molecule has 0 radical (unpaired) electrons. The summed E-state index contributed by atoms with van der Waals surface area (Å²) in [5.74, 6) is 0. The van der Waals surface area contributed by atoms with Gasteiger partial charge in [-0.3, -0.25) is 0 Å². The zero-order chi connectivity index (χ0) is 16.8. The van der Waals surface area contributed by atoms with Crippen LogP contribution in [0.1, 0.15) is 46.6 Å². The summed E-state index contributed by atoms with van der Waals surface area (Å²) >= 11 is 8.32. The number of hydrogen-bond donors (Lipinski definition) is 0. The normalized spacial score (nSPS) is 17.5. The van der Waals surface area contributed by atoms with E-state index in [-0.39, 0.29) is 0 Å². The van der Waals surface area contributed by atoms with Gasteiger partial charge >= 0.3 is 0 Å². The Morgan fingerprint density at radius 3 is 1.46 bits per heavy atom. The molecule has 0 saturated carbocycles. The number of fused-ring (bicyclic) bond motifs is 10. The monoisotopic (exact) mass is 410 g/mol. The number of aryl methyl sites for hydroxylation is 4. The third-order valence-electron chi connectivity index (χ3n) is 6.24. The van der Waals surface area contributed by atoms with Crippen molar-refractivity contribution in [2.45, 2.75) is 51.4 Å². The molecule has 0 bridgehead atoms. The van der Waals surface area contributed by atoms with Crippen molar-refractivity contribution in [1.82, 2.24) is 0 Å². The topological polar surface area (TPSA) is 0 Å². The SMILES string of the molecule is c1c2sc3c4c(sc3c2cc2sc3c5c(sc3c12)CCCC5)CCCC4. The van der Waals surface area contributed by atoms with Gasteiger partial charge in [0.15, 0.2) is 0 Å². The molecule has 0 N–H and O–H groups in total. The predicted octanol–water partition coefficient (Wildman–Crippen LogP) is 8.30. The summed E-state index contributed by atoms with van der Waals surface area (Å²) in [7, 11) is 0. The lowest BCUT2D eigenvalue weighted by Gasteiger charge is -2.09. The summed E-state index contributed by atoms with van der Waals surface area (Å²) in [6, 6.07) is 5.05. The number of rotatable bonds is 0. The van der Waals surface area contributed by atoms with E-state index in [1.807, 2.05) is 0 Å². The van der Waals surface area contributed by atoms with Gasteiger partial charge in [0.1, 0.15) is 0 Å². The van der Waals surface area contributed by atoms with Crippen LogP contribution in [0.15, 0.2) is 12.1 Å². The predicted molar refractivity (Wildman–Crippen MR) is 121 cm³/mol. The van der Waals surface area contributed by atoms with Crippen molar-refractivity contribution in [3.05, 3.63) is 33.0 Å². The van der Waals surface area contributed by atoms with E-state index in [9.17, 15) is 0 Å². The maximum atomic E-state index is 2.53. The van der Waals surface area contributed by atoms with Gasteiger partial charge in [-0.2, -0.15) is 0 Å². The van der Waals surface area contributed by atoms with Crippen LogP contribution < -0.4 is 0 Å². The molecule has 0 spiro atoms. The van der Waals surface area contributed by atoms with Crippen LogP contribution >= 0.6 is 45.3 Å². The van der Waals surface area contributed by atoms with Crippen LogP contribution in [0.25, 0.3) is 39.0 Å². The highest BCUT2D eigenvalue weighted by molar-refractivity contribution is 7.34. The first-order valence-corrected chi connectivity index (χ1v) is 13.0. The summed E-state index contributed by atoms with van der Waals surface area (Å²) in [6.45, 7) is 0. The quantitative estimate of drug-likeness (QED) is 0.241. The van der Waals surface area contributed by atoms with Crippen molar-refractivity contribution < 1.29 is 0 Å². The van der Waals surface area contributed by atoms with Gasteiger partial charge in [0.2, 0.25) is 0 Å². The summed E-state index contributed by atoms with van der Waals surface area (Å²) < 4.78 is 9.41. The molecule has 0 unspecified atom stereocenters. The molecule has 4 aromatic heterocycles. The Morgan fingerprint density at radius 1 is 0.500 bits per heavy atom. The minimum Gasteiger partial charge on any atom is -0.138 e. The van der Waals surface area contributed by atoms with Gasteiger partial charge in [0, 0.05) is 39.3 Å². The fraction of sp³-hybridized carbons (Fsp3) is 0.364. The molecule has 0 saturated heterocycles. The Hall–Kier alpha value is -0.940. The Bertz CT molecular complexity index is 1230. The fourth-order valence-corrected chi connectivity index (χ4v) is 10.8. The van der Waals surface area contributed by atoms with Crippen LogP contribution in [0.5, 0.6) is 0 Å². The van der Waals surface area contributed by atoms with E-state index in [1.54, 1.807) is 39.7 Å². The summed E-state index contributed by atoms with van der Waals surface area (Å²) in [4.78, 5) is 3.36. The molecule has 0 fully saturated rings. The molecule has 4 heterocycles. The molecule has 0 aliphatic heterocycles. The van der Waals surface area contributed by atoms with Crippen molar-refractivity contribution in [3.8, 4) is 0 Å². The average Bonchev–Trinajstić information content (AvgIpc) is 3.38. The molecule has 130 valence electrons. The van der Waals surface area contributed by atoms with E-state index in [4.69, 9.17) is 0 Å². The second kappa shape index (κ2) is 5.32. The second-order valence-electron chi connectivity index (χ2n) is 7.79. The average molecular weight is 411 g/mol. The first-order chi connectivity index (χ1) is 12.9. The molecule has 1 aromatic carbocycles. The van der Waals surface area contributed by atoms with E-state index < -0.39 is 0 Å². The van der Waals surface area contributed by atoms with Crippen molar-refractivity contribution in [2.24, 2.45) is 0 Å². The third-order valence-corrected chi connectivity index (χ3v) is 11.6. The molecule has 2 aliphatic rings. The standard InChI is InChI=1S/C22H18S4/c1-3-7-15-11(5-1)19-21(23-15)13-9-18-14(10-17(13)25-19)22-20(26-18)12-6-2-4-8-16(12)24-22/h9-10H,1-8H2. The van der Waals surface area contributed by atoms with E-state index in [0.717, 1.165) is 0 Å². The molecule has 7 rings (SSSR count). The maximum Gasteiger partial charge on any atom is 0.0535 e. The van der Waals surface area contributed by atoms with Crippen LogP contribution in [0, 0.1) is 0 Å². The number of benzene rings is 1. The van der Waals surface area contributed by atoms with Crippen LogP contribution in [-0.4, -0.2) is 0 Å². The molecule has 4 heteroatoms. The first kappa shape index (κ1) is 15.0. The molecular formula is C22H18S4. The number of thiophene rings is 4. The van der Waals surface area contributed by atoms with Crippen LogP contribution in [0.2, 0.25) is 0 Å². The Kier molecular flexibility index (Phi) is 3.07. The van der Waals surface area contributed by atoms with Gasteiger partial charge in [-0.05, 0) is 74.6 Å². The minimum atomic E-state index is 1.30. The van der Waals surface area contributed by atoms with E-state index in [0.29, 0.717) is 0 Å². The van der Waals surface area contributed by atoms with Gasteiger partial charge in [0.05, 0.1) is 9.40 Å². The van der Waals surface area contributed by atoms with Crippen molar-refractivity contribution >= 4 is 84.3 Å². The van der Waals surface area contributed by atoms with Crippen LogP contribution in [0.4, 0.5) is 0 Å². The Labute approximate surface area is 168 Å². The highest BCUT2D eigenvalue weighted by atomic mass is 32.1. The third kappa shape index (κ3) is 1.89. The molecule has 0 nitrogen and oxygen atoms in total. The van der Waals surface area contributed by atoms with Gasteiger partial charge in [-0.15, -0.1) is 45.3 Å². The fourth-order valence-electron chi connectivity index (χ4n) is 4.95. The Morgan fingerprint density at radius 2 is 0.962 bits per heavy atom. The second-order valence-corrected chi connectivity index (χ2v) is 12.1. The van der Waals surface area contributed by atoms with Crippen LogP contribution in [0.3, 0.4) is 0 Å². The minimum absolute atomic E-state index is 1.30. The van der Waals surface area contributed by atoms with Crippen molar-refractivity contribution in [2.75, 3.05) is 0 Å². The van der Waals surface area contributed by atoms with Gasteiger partial charge in [-0.1, -0.05) is 0 Å². The highest BCUT2D eigenvalue weighted by Gasteiger charge is 2.23. The zero-order valence-electron chi connectivity index (χ0n) is 14.4. The summed E-state index contributed by atoms with van der Waals surface area (Å²) in [5.41, 5.74) is 3.38. The van der Waals surface area contributed by atoms with E-state index in [1.165, 1.54) is 71.5 Å². The smallest absolute Gasteiger partial charge is 0.0535 e.